The van der Waals surface area contributed by atoms with Crippen LogP contribution in [0.4, 0.5) is 4.39 Å². The highest BCUT2D eigenvalue weighted by Gasteiger charge is 2.38. The van der Waals surface area contributed by atoms with Crippen molar-refractivity contribution in [3.8, 4) is 5.75 Å². The van der Waals surface area contributed by atoms with Crippen LogP contribution in [0.3, 0.4) is 0 Å². The van der Waals surface area contributed by atoms with E-state index >= 15 is 0 Å². The molecule has 1 fully saturated rings. The van der Waals surface area contributed by atoms with Gasteiger partial charge in [-0.3, -0.25) is 0 Å². The Morgan fingerprint density at radius 2 is 2.13 bits per heavy atom. The molecule has 1 aliphatic rings. The largest absolute Gasteiger partial charge is 0.493 e. The summed E-state index contributed by atoms with van der Waals surface area (Å²) in [4.78, 5) is 0. The van der Waals surface area contributed by atoms with E-state index < -0.39 is 0 Å². The van der Waals surface area contributed by atoms with Gasteiger partial charge in [0.2, 0.25) is 0 Å². The Kier molecular flexibility index (Phi) is 2.43. The van der Waals surface area contributed by atoms with Gasteiger partial charge in [0, 0.05) is 5.54 Å². The number of halogens is 1. The summed E-state index contributed by atoms with van der Waals surface area (Å²) in [6.45, 7) is 1.85. The monoisotopic (exact) mass is 209 g/mol. The van der Waals surface area contributed by atoms with Crippen molar-refractivity contribution < 1.29 is 9.13 Å². The van der Waals surface area contributed by atoms with Crippen molar-refractivity contribution in [3.63, 3.8) is 0 Å². The summed E-state index contributed by atoms with van der Waals surface area (Å²) in [5.41, 5.74) is 7.71. The fourth-order valence-electron chi connectivity index (χ4n) is 1.91. The van der Waals surface area contributed by atoms with Crippen LogP contribution >= 0.6 is 0 Å². The summed E-state index contributed by atoms with van der Waals surface area (Å²) in [7, 11) is 1.48. The molecule has 2 rings (SSSR count). The van der Waals surface area contributed by atoms with Gasteiger partial charge in [0.1, 0.15) is 0 Å². The molecule has 82 valence electrons. The van der Waals surface area contributed by atoms with Crippen LogP contribution in [0.1, 0.15) is 24.0 Å². The number of aryl methyl sites for hydroxylation is 1. The molecule has 2 nitrogen and oxygen atoms in total. The van der Waals surface area contributed by atoms with Gasteiger partial charge in [-0.25, -0.2) is 4.39 Å². The Labute approximate surface area is 89.2 Å². The standard InChI is InChI=1S/C12H16FNO/c1-8-5-9(7-12(14)3-4-12)6-10(13)11(8)15-2/h5-6H,3-4,7,14H2,1-2H3. The molecule has 0 spiro atoms. The molecule has 0 unspecified atom stereocenters. The van der Waals surface area contributed by atoms with Crippen molar-refractivity contribution in [2.24, 2.45) is 5.73 Å². The Balaban J connectivity index is 2.26. The van der Waals surface area contributed by atoms with E-state index in [0.29, 0.717) is 5.75 Å². The normalized spacial score (nSPS) is 17.6. The lowest BCUT2D eigenvalue weighted by Gasteiger charge is -2.12. The third-order valence-electron chi connectivity index (χ3n) is 2.94. The maximum Gasteiger partial charge on any atom is 0.165 e. The zero-order valence-corrected chi connectivity index (χ0v) is 9.14. The second kappa shape index (κ2) is 3.49. The van der Waals surface area contributed by atoms with E-state index in [0.717, 1.165) is 30.4 Å². The van der Waals surface area contributed by atoms with Crippen LogP contribution in [0.15, 0.2) is 12.1 Å². The van der Waals surface area contributed by atoms with Crippen molar-refractivity contribution in [2.45, 2.75) is 31.7 Å². The lowest BCUT2D eigenvalue weighted by atomic mass is 10.0. The van der Waals surface area contributed by atoms with Crippen molar-refractivity contribution in [3.05, 3.63) is 29.1 Å². The molecule has 2 N–H and O–H groups in total. The third-order valence-corrected chi connectivity index (χ3v) is 2.94. The lowest BCUT2D eigenvalue weighted by Crippen LogP contribution is -2.24. The van der Waals surface area contributed by atoms with Gasteiger partial charge in [0.15, 0.2) is 11.6 Å². The third kappa shape index (κ3) is 2.12. The molecule has 0 bridgehead atoms. The van der Waals surface area contributed by atoms with Crippen molar-refractivity contribution in [1.29, 1.82) is 0 Å². The predicted molar refractivity (Wildman–Crippen MR) is 57.5 cm³/mol. The van der Waals surface area contributed by atoms with Crippen molar-refractivity contribution >= 4 is 0 Å². The quantitative estimate of drug-likeness (QED) is 0.828. The average molecular weight is 209 g/mol. The zero-order valence-electron chi connectivity index (χ0n) is 9.14. The molecule has 0 aromatic heterocycles. The predicted octanol–water partition coefficient (Wildman–Crippen LogP) is 2.18. The first kappa shape index (κ1) is 10.4. The van der Waals surface area contributed by atoms with Crippen LogP contribution in [0.5, 0.6) is 5.75 Å². The molecule has 0 atom stereocenters. The first-order chi connectivity index (χ1) is 7.04. The van der Waals surface area contributed by atoms with Crippen LogP contribution in [0.2, 0.25) is 0 Å². The Morgan fingerprint density at radius 3 is 2.60 bits per heavy atom. The topological polar surface area (TPSA) is 35.2 Å². The van der Waals surface area contributed by atoms with E-state index in [1.807, 2.05) is 13.0 Å². The lowest BCUT2D eigenvalue weighted by molar-refractivity contribution is 0.383. The highest BCUT2D eigenvalue weighted by Crippen LogP contribution is 2.36. The molecular weight excluding hydrogens is 193 g/mol. The summed E-state index contributed by atoms with van der Waals surface area (Å²) < 4.78 is 18.5. The average Bonchev–Trinajstić information content (AvgIpc) is 2.82. The second-order valence-electron chi connectivity index (χ2n) is 4.47. The smallest absolute Gasteiger partial charge is 0.165 e. The summed E-state index contributed by atoms with van der Waals surface area (Å²) in [6.07, 6.45) is 2.84. The van der Waals surface area contributed by atoms with E-state index in [1.54, 1.807) is 0 Å². The van der Waals surface area contributed by atoms with Crippen LogP contribution in [0.25, 0.3) is 0 Å². The first-order valence-electron chi connectivity index (χ1n) is 5.16. The number of hydrogen-bond acceptors (Lipinski definition) is 2. The molecular formula is C12H16FNO. The maximum atomic E-state index is 13.5. The Bertz CT molecular complexity index is 362. The van der Waals surface area contributed by atoms with E-state index in [1.165, 1.54) is 13.2 Å². The SMILES string of the molecule is COc1c(C)cc(CC2(N)CC2)cc1F. The molecule has 1 aromatic rings. The van der Waals surface area contributed by atoms with Gasteiger partial charge in [0.05, 0.1) is 7.11 Å². The van der Waals surface area contributed by atoms with Gasteiger partial charge in [-0.1, -0.05) is 6.07 Å². The molecule has 0 aliphatic heterocycles. The Morgan fingerprint density at radius 1 is 1.47 bits per heavy atom. The van der Waals surface area contributed by atoms with Crippen molar-refractivity contribution in [1.82, 2.24) is 0 Å². The van der Waals surface area contributed by atoms with Gasteiger partial charge in [-0.2, -0.15) is 0 Å². The molecule has 1 aromatic carbocycles. The minimum atomic E-state index is -0.295. The van der Waals surface area contributed by atoms with E-state index in [4.69, 9.17) is 10.5 Å². The molecule has 0 saturated heterocycles. The fourth-order valence-corrected chi connectivity index (χ4v) is 1.91. The van der Waals surface area contributed by atoms with Gasteiger partial charge >= 0.3 is 0 Å². The Hall–Kier alpha value is -1.09. The molecule has 15 heavy (non-hydrogen) atoms. The van der Waals surface area contributed by atoms with Crippen LogP contribution in [-0.2, 0) is 6.42 Å². The molecule has 1 saturated carbocycles. The van der Waals surface area contributed by atoms with Gasteiger partial charge in [-0.05, 0) is 43.4 Å². The van der Waals surface area contributed by atoms with Gasteiger partial charge in [-0.15, -0.1) is 0 Å². The van der Waals surface area contributed by atoms with Gasteiger partial charge in [0.25, 0.3) is 0 Å². The van der Waals surface area contributed by atoms with Crippen molar-refractivity contribution in [2.75, 3.05) is 7.11 Å². The fraction of sp³-hybridized carbons (Fsp3) is 0.500. The van der Waals surface area contributed by atoms with E-state index in [2.05, 4.69) is 0 Å². The minimum Gasteiger partial charge on any atom is -0.493 e. The summed E-state index contributed by atoms with van der Waals surface area (Å²) in [5, 5.41) is 0. The van der Waals surface area contributed by atoms with E-state index in [-0.39, 0.29) is 11.4 Å². The highest BCUT2D eigenvalue weighted by atomic mass is 19.1. The molecule has 0 heterocycles. The van der Waals surface area contributed by atoms with Crippen LogP contribution < -0.4 is 10.5 Å². The number of rotatable bonds is 3. The minimum absolute atomic E-state index is 0.0759. The maximum absolute atomic E-state index is 13.5. The molecule has 3 heteroatoms. The molecule has 0 amide bonds. The summed E-state index contributed by atoms with van der Waals surface area (Å²) >= 11 is 0. The number of nitrogens with two attached hydrogens (primary N) is 1. The molecule has 1 aliphatic carbocycles. The van der Waals surface area contributed by atoms with Crippen LogP contribution in [-0.4, -0.2) is 12.6 Å². The number of ether oxygens (including phenoxy) is 1. The highest BCUT2D eigenvalue weighted by molar-refractivity contribution is 5.38. The number of methoxy groups -OCH3 is 1. The van der Waals surface area contributed by atoms with E-state index in [9.17, 15) is 4.39 Å². The molecule has 0 radical (unpaired) electrons. The van der Waals surface area contributed by atoms with Gasteiger partial charge < -0.3 is 10.5 Å². The number of hydrogen-bond donors (Lipinski definition) is 1. The first-order valence-corrected chi connectivity index (χ1v) is 5.16. The second-order valence-corrected chi connectivity index (χ2v) is 4.47. The number of benzene rings is 1. The summed E-state index contributed by atoms with van der Waals surface area (Å²) in [5.74, 6) is 0.0392. The zero-order chi connectivity index (χ0) is 11.1. The van der Waals surface area contributed by atoms with Crippen LogP contribution in [0, 0.1) is 12.7 Å². The summed E-state index contributed by atoms with van der Waals surface area (Å²) in [6, 6.07) is 3.48.